The van der Waals surface area contributed by atoms with E-state index < -0.39 is 11.7 Å². The summed E-state index contributed by atoms with van der Waals surface area (Å²) in [6, 6.07) is 7.39. The number of benzene rings is 1. The topological polar surface area (TPSA) is 94.8 Å². The summed E-state index contributed by atoms with van der Waals surface area (Å²) in [4.78, 5) is 16.2. The molecule has 0 saturated carbocycles. The smallest absolute Gasteiger partial charge is 0.435 e. The average molecular weight is 407 g/mol. The van der Waals surface area contributed by atoms with Crippen molar-refractivity contribution < 1.29 is 9.53 Å². The van der Waals surface area contributed by atoms with Gasteiger partial charge in [-0.05, 0) is 38.4 Å². The molecule has 0 unspecified atom stereocenters. The molecule has 0 aliphatic rings. The molecule has 2 heterocycles. The lowest BCUT2D eigenvalue weighted by molar-refractivity contribution is 0.0514. The first-order valence-corrected chi connectivity index (χ1v) is 8.69. The van der Waals surface area contributed by atoms with Gasteiger partial charge in [-0.1, -0.05) is 29.8 Å². The van der Waals surface area contributed by atoms with Crippen LogP contribution in [0.2, 0.25) is 10.4 Å². The Balaban J connectivity index is 1.91. The van der Waals surface area contributed by atoms with Crippen LogP contribution in [0.25, 0.3) is 11.1 Å². The van der Waals surface area contributed by atoms with Crippen LogP contribution in [0.4, 0.5) is 16.3 Å². The normalized spacial score (nSPS) is 11.3. The summed E-state index contributed by atoms with van der Waals surface area (Å²) in [6.45, 7) is 5.37. The fraction of sp³-hybridized carbons (Fsp3) is 0.235. The molecule has 0 atom stereocenters. The van der Waals surface area contributed by atoms with E-state index in [0.717, 1.165) is 10.2 Å². The Kier molecular flexibility index (Phi) is 5.29. The second-order valence-corrected chi connectivity index (χ2v) is 7.24. The molecular formula is C17H16Cl2N6O2. The summed E-state index contributed by atoms with van der Waals surface area (Å²) in [5, 5.41) is 14.5. The Morgan fingerprint density at radius 3 is 2.67 bits per heavy atom. The predicted molar refractivity (Wildman–Crippen MR) is 102 cm³/mol. The van der Waals surface area contributed by atoms with Gasteiger partial charge in [0, 0.05) is 23.0 Å². The highest BCUT2D eigenvalue weighted by Gasteiger charge is 2.19. The summed E-state index contributed by atoms with van der Waals surface area (Å²) >= 11 is 11.8. The maximum absolute atomic E-state index is 12.2. The highest BCUT2D eigenvalue weighted by molar-refractivity contribution is 6.32. The van der Waals surface area contributed by atoms with Crippen LogP contribution in [-0.4, -0.2) is 36.7 Å². The Hall–Kier alpha value is -2.71. The summed E-state index contributed by atoms with van der Waals surface area (Å²) < 4.78 is 6.46. The molecule has 140 valence electrons. The molecule has 10 heteroatoms. The van der Waals surface area contributed by atoms with E-state index in [1.54, 1.807) is 33.2 Å². The van der Waals surface area contributed by atoms with E-state index in [-0.39, 0.29) is 16.3 Å². The van der Waals surface area contributed by atoms with Gasteiger partial charge in [0.25, 0.3) is 0 Å². The number of aromatic nitrogens is 5. The lowest BCUT2D eigenvalue weighted by Gasteiger charge is -2.18. The molecule has 0 spiro atoms. The third-order valence-corrected chi connectivity index (χ3v) is 3.69. The quantitative estimate of drug-likeness (QED) is 0.680. The van der Waals surface area contributed by atoms with Gasteiger partial charge in [-0.15, -0.1) is 10.2 Å². The van der Waals surface area contributed by atoms with Crippen molar-refractivity contribution in [3.05, 3.63) is 47.1 Å². The fourth-order valence-electron chi connectivity index (χ4n) is 2.21. The molecule has 8 nitrogen and oxygen atoms in total. The van der Waals surface area contributed by atoms with Crippen LogP contribution < -0.4 is 5.32 Å². The highest BCUT2D eigenvalue weighted by Crippen LogP contribution is 2.31. The largest absolute Gasteiger partial charge is 0.442 e. The Labute approximate surface area is 165 Å². The van der Waals surface area contributed by atoms with Crippen LogP contribution in [0.5, 0.6) is 0 Å². The molecule has 0 bridgehead atoms. The van der Waals surface area contributed by atoms with E-state index in [4.69, 9.17) is 27.9 Å². The zero-order valence-electron chi connectivity index (χ0n) is 14.8. The first-order valence-electron chi connectivity index (χ1n) is 7.93. The molecular weight excluding hydrogens is 391 g/mol. The average Bonchev–Trinajstić information content (AvgIpc) is 3.07. The molecule has 0 fully saturated rings. The minimum atomic E-state index is -0.612. The second kappa shape index (κ2) is 7.50. The SMILES string of the molecule is CC(C)(C)OC(=O)n1cc(-c2ccccc2Nc2nc(Cl)nnc2Cl)cn1. The van der Waals surface area contributed by atoms with Crippen LogP contribution >= 0.6 is 23.2 Å². The van der Waals surface area contributed by atoms with Crippen LogP contribution in [0, 0.1) is 0 Å². The molecule has 0 radical (unpaired) electrons. The van der Waals surface area contributed by atoms with Gasteiger partial charge < -0.3 is 10.1 Å². The Morgan fingerprint density at radius 1 is 1.19 bits per heavy atom. The van der Waals surface area contributed by atoms with Crippen LogP contribution in [0.1, 0.15) is 20.8 Å². The van der Waals surface area contributed by atoms with Crippen molar-refractivity contribution in [2.75, 3.05) is 5.32 Å². The van der Waals surface area contributed by atoms with Gasteiger partial charge in [-0.25, -0.2) is 4.79 Å². The molecule has 0 saturated heterocycles. The second-order valence-electron chi connectivity index (χ2n) is 6.54. The predicted octanol–water partition coefficient (Wildman–Crippen LogP) is 4.57. The number of para-hydroxylation sites is 1. The van der Waals surface area contributed by atoms with Crippen LogP contribution in [0.3, 0.4) is 0 Å². The summed E-state index contributed by atoms with van der Waals surface area (Å²) in [5.74, 6) is 0.267. The standard InChI is InChI=1S/C17H16Cl2N6O2/c1-17(2,3)27-16(26)25-9-10(8-20-25)11-6-4-5-7-12(11)21-14-13(18)23-24-15(19)22-14/h4-9H,1-3H3,(H,21,22,24). The number of hydrogen-bond acceptors (Lipinski definition) is 7. The van der Waals surface area contributed by atoms with Gasteiger partial charge in [0.05, 0.1) is 6.20 Å². The molecule has 3 aromatic rings. The number of nitrogens with one attached hydrogen (secondary N) is 1. The minimum absolute atomic E-state index is 0.0304. The Bertz CT molecular complexity index is 984. The van der Waals surface area contributed by atoms with Crippen molar-refractivity contribution in [1.82, 2.24) is 25.0 Å². The number of halogens is 2. The van der Waals surface area contributed by atoms with Crippen molar-refractivity contribution >= 4 is 40.8 Å². The van der Waals surface area contributed by atoms with Crippen molar-refractivity contribution in [3.63, 3.8) is 0 Å². The van der Waals surface area contributed by atoms with Gasteiger partial charge in [0.2, 0.25) is 5.28 Å². The van der Waals surface area contributed by atoms with Crippen LogP contribution in [-0.2, 0) is 4.74 Å². The van der Waals surface area contributed by atoms with Crippen molar-refractivity contribution in [2.24, 2.45) is 0 Å². The first kappa shape index (κ1) is 19.1. The van der Waals surface area contributed by atoms with Crippen molar-refractivity contribution in [1.29, 1.82) is 0 Å². The van der Waals surface area contributed by atoms with Gasteiger partial charge >= 0.3 is 6.09 Å². The maximum atomic E-state index is 12.2. The molecule has 0 aliphatic carbocycles. The number of carbonyl (C=O) groups excluding carboxylic acids is 1. The molecule has 0 amide bonds. The van der Waals surface area contributed by atoms with Crippen LogP contribution in [0.15, 0.2) is 36.7 Å². The molecule has 2 aromatic heterocycles. The van der Waals surface area contributed by atoms with E-state index in [1.165, 1.54) is 0 Å². The van der Waals surface area contributed by atoms with Gasteiger partial charge in [-0.3, -0.25) is 0 Å². The molecule has 3 rings (SSSR count). The minimum Gasteiger partial charge on any atom is -0.442 e. The zero-order valence-corrected chi connectivity index (χ0v) is 16.3. The number of rotatable bonds is 3. The first-order chi connectivity index (χ1) is 12.7. The molecule has 0 aliphatic heterocycles. The van der Waals surface area contributed by atoms with E-state index in [2.05, 4.69) is 25.6 Å². The van der Waals surface area contributed by atoms with E-state index in [0.29, 0.717) is 11.3 Å². The van der Waals surface area contributed by atoms with Crippen molar-refractivity contribution in [3.8, 4) is 11.1 Å². The van der Waals surface area contributed by atoms with E-state index >= 15 is 0 Å². The number of carbonyl (C=O) groups is 1. The maximum Gasteiger partial charge on any atom is 0.435 e. The summed E-state index contributed by atoms with van der Waals surface area (Å²) in [7, 11) is 0. The van der Waals surface area contributed by atoms with Gasteiger partial charge in [0.15, 0.2) is 11.0 Å². The third-order valence-electron chi connectivity index (χ3n) is 3.27. The molecule has 27 heavy (non-hydrogen) atoms. The highest BCUT2D eigenvalue weighted by atomic mass is 35.5. The van der Waals surface area contributed by atoms with Gasteiger partial charge in [0.1, 0.15) is 5.60 Å². The lowest BCUT2D eigenvalue weighted by atomic mass is 10.1. The van der Waals surface area contributed by atoms with E-state index in [1.807, 2.05) is 24.3 Å². The number of hydrogen-bond donors (Lipinski definition) is 1. The van der Waals surface area contributed by atoms with E-state index in [9.17, 15) is 4.79 Å². The van der Waals surface area contributed by atoms with Gasteiger partial charge in [-0.2, -0.15) is 14.8 Å². The van der Waals surface area contributed by atoms with Crippen molar-refractivity contribution in [2.45, 2.75) is 26.4 Å². The monoisotopic (exact) mass is 406 g/mol. The lowest BCUT2D eigenvalue weighted by Crippen LogP contribution is -2.27. The third kappa shape index (κ3) is 4.72. The molecule has 1 aromatic carbocycles. The number of nitrogens with zero attached hydrogens (tertiary/aromatic N) is 5. The zero-order chi connectivity index (χ0) is 19.6. The molecule has 1 N–H and O–H groups in total. The number of ether oxygens (including phenoxy) is 1. The number of anilines is 2. The summed E-state index contributed by atoms with van der Waals surface area (Å²) in [5.41, 5.74) is 1.55. The summed E-state index contributed by atoms with van der Waals surface area (Å²) in [6.07, 6.45) is 2.59. The fourth-order valence-corrected chi connectivity index (χ4v) is 2.46. The Morgan fingerprint density at radius 2 is 1.93 bits per heavy atom.